The Balaban J connectivity index is 2.98. The van der Waals surface area contributed by atoms with E-state index in [1.165, 1.54) is 0 Å². The standard InChI is InChI=1S/C20H42O10S/c21-1-3-23-5-7-25-9-11-27-13-15-29-17-19-31-20-18-30-16-14-28-12-10-26-8-6-24-4-2-22/h21-22H,1-20H2. The molecule has 0 aliphatic heterocycles. The molecule has 10 nitrogen and oxygen atoms in total. The van der Waals surface area contributed by atoms with E-state index in [1.54, 1.807) is 11.8 Å². The van der Waals surface area contributed by atoms with E-state index in [0.717, 1.165) is 11.5 Å². The van der Waals surface area contributed by atoms with E-state index in [2.05, 4.69) is 0 Å². The lowest BCUT2D eigenvalue weighted by Gasteiger charge is -2.08. The van der Waals surface area contributed by atoms with Gasteiger partial charge in [-0.25, -0.2) is 0 Å². The predicted octanol–water partition coefficient (Wildman–Crippen LogP) is -0.163. The van der Waals surface area contributed by atoms with Crippen LogP contribution in [-0.2, 0) is 37.9 Å². The Bertz CT molecular complexity index is 288. The number of rotatable bonds is 28. The molecule has 0 saturated carbocycles. The Morgan fingerprint density at radius 3 is 0.806 bits per heavy atom. The van der Waals surface area contributed by atoms with Crippen molar-refractivity contribution in [1.29, 1.82) is 0 Å². The maximum atomic E-state index is 8.54. The van der Waals surface area contributed by atoms with Crippen LogP contribution in [0.3, 0.4) is 0 Å². The number of hydrogen-bond acceptors (Lipinski definition) is 11. The molecule has 0 rings (SSSR count). The van der Waals surface area contributed by atoms with Crippen molar-refractivity contribution < 1.29 is 48.1 Å². The second-order valence-corrected chi connectivity index (χ2v) is 7.18. The highest BCUT2D eigenvalue weighted by atomic mass is 32.2. The second kappa shape index (κ2) is 29.9. The van der Waals surface area contributed by atoms with Gasteiger partial charge in [-0.1, -0.05) is 0 Å². The minimum absolute atomic E-state index is 0.0352. The molecule has 0 aliphatic rings. The third-order valence-electron chi connectivity index (χ3n) is 3.45. The van der Waals surface area contributed by atoms with Crippen molar-refractivity contribution in [3.8, 4) is 0 Å². The summed E-state index contributed by atoms with van der Waals surface area (Å²) in [5.41, 5.74) is 0. The van der Waals surface area contributed by atoms with Gasteiger partial charge in [0.05, 0.1) is 119 Å². The fraction of sp³-hybridized carbons (Fsp3) is 1.00. The van der Waals surface area contributed by atoms with E-state index in [1.807, 2.05) is 0 Å². The summed E-state index contributed by atoms with van der Waals surface area (Å²) >= 11 is 1.79. The van der Waals surface area contributed by atoms with Gasteiger partial charge in [-0.3, -0.25) is 0 Å². The van der Waals surface area contributed by atoms with Crippen LogP contribution in [0.25, 0.3) is 0 Å². The summed E-state index contributed by atoms with van der Waals surface area (Å²) < 4.78 is 42.6. The fourth-order valence-corrected chi connectivity index (χ4v) is 2.67. The number of aliphatic hydroxyl groups is 2. The summed E-state index contributed by atoms with van der Waals surface area (Å²) in [7, 11) is 0. The molecular weight excluding hydrogens is 432 g/mol. The Morgan fingerprint density at radius 2 is 0.548 bits per heavy atom. The van der Waals surface area contributed by atoms with Crippen LogP contribution in [0.1, 0.15) is 0 Å². The molecule has 0 aromatic rings. The molecule has 31 heavy (non-hydrogen) atoms. The molecule has 0 aromatic carbocycles. The summed E-state index contributed by atoms with van der Waals surface area (Å²) in [6, 6.07) is 0. The van der Waals surface area contributed by atoms with Gasteiger partial charge in [0, 0.05) is 11.5 Å². The number of ether oxygens (including phenoxy) is 8. The lowest BCUT2D eigenvalue weighted by Crippen LogP contribution is -2.13. The van der Waals surface area contributed by atoms with Crippen LogP contribution >= 0.6 is 11.8 Å². The van der Waals surface area contributed by atoms with Crippen LogP contribution in [-0.4, -0.2) is 141 Å². The van der Waals surface area contributed by atoms with E-state index in [-0.39, 0.29) is 13.2 Å². The van der Waals surface area contributed by atoms with Crippen molar-refractivity contribution in [2.45, 2.75) is 0 Å². The number of aliphatic hydroxyl groups excluding tert-OH is 2. The van der Waals surface area contributed by atoms with E-state index >= 15 is 0 Å². The zero-order valence-electron chi connectivity index (χ0n) is 18.7. The Morgan fingerprint density at radius 1 is 0.323 bits per heavy atom. The molecule has 0 amide bonds. The zero-order chi connectivity index (χ0) is 22.5. The van der Waals surface area contributed by atoms with Crippen molar-refractivity contribution in [2.75, 3.05) is 130 Å². The smallest absolute Gasteiger partial charge is 0.0701 e. The van der Waals surface area contributed by atoms with E-state index in [0.29, 0.717) is 106 Å². The molecule has 188 valence electrons. The van der Waals surface area contributed by atoms with Gasteiger partial charge in [-0.05, 0) is 0 Å². The highest BCUT2D eigenvalue weighted by Crippen LogP contribution is 1.99. The van der Waals surface area contributed by atoms with E-state index in [4.69, 9.17) is 48.1 Å². The van der Waals surface area contributed by atoms with Gasteiger partial charge in [-0.15, -0.1) is 0 Å². The van der Waals surface area contributed by atoms with Crippen LogP contribution in [0.4, 0.5) is 0 Å². The minimum atomic E-state index is 0.0352. The highest BCUT2D eigenvalue weighted by Gasteiger charge is 1.95. The molecule has 0 aliphatic carbocycles. The largest absolute Gasteiger partial charge is 0.394 e. The Kier molecular flexibility index (Phi) is 29.9. The predicted molar refractivity (Wildman–Crippen MR) is 118 cm³/mol. The second-order valence-electron chi connectivity index (χ2n) is 5.96. The Labute approximate surface area is 190 Å². The van der Waals surface area contributed by atoms with Crippen molar-refractivity contribution >= 4 is 11.8 Å². The molecule has 11 heteroatoms. The van der Waals surface area contributed by atoms with Crippen LogP contribution in [0.15, 0.2) is 0 Å². The summed E-state index contributed by atoms with van der Waals surface area (Å²) in [5.74, 6) is 1.85. The van der Waals surface area contributed by atoms with Crippen molar-refractivity contribution in [3.63, 3.8) is 0 Å². The molecule has 0 bridgehead atoms. The summed E-state index contributed by atoms with van der Waals surface area (Å²) in [5, 5.41) is 17.1. The molecule has 0 heterocycles. The maximum Gasteiger partial charge on any atom is 0.0701 e. The highest BCUT2D eigenvalue weighted by molar-refractivity contribution is 7.99. The van der Waals surface area contributed by atoms with Gasteiger partial charge >= 0.3 is 0 Å². The molecular formula is C20H42O10S. The fourth-order valence-electron chi connectivity index (χ4n) is 1.99. The molecule has 0 fully saturated rings. The average Bonchev–Trinajstić information content (AvgIpc) is 2.78. The Hall–Kier alpha value is -0.0500. The molecule has 0 aromatic heterocycles. The molecule has 0 spiro atoms. The van der Waals surface area contributed by atoms with Crippen molar-refractivity contribution in [3.05, 3.63) is 0 Å². The first-order valence-corrected chi connectivity index (χ1v) is 12.0. The quantitative estimate of drug-likeness (QED) is 0.147. The van der Waals surface area contributed by atoms with Gasteiger partial charge in [-0.2, -0.15) is 11.8 Å². The van der Waals surface area contributed by atoms with Crippen molar-refractivity contribution in [2.24, 2.45) is 0 Å². The van der Waals surface area contributed by atoms with Crippen molar-refractivity contribution in [1.82, 2.24) is 0 Å². The van der Waals surface area contributed by atoms with Gasteiger partial charge in [0.15, 0.2) is 0 Å². The van der Waals surface area contributed by atoms with Gasteiger partial charge in [0.25, 0.3) is 0 Å². The minimum Gasteiger partial charge on any atom is -0.394 e. The van der Waals surface area contributed by atoms with E-state index in [9.17, 15) is 0 Å². The van der Waals surface area contributed by atoms with Gasteiger partial charge in [0.2, 0.25) is 0 Å². The first-order chi connectivity index (χ1) is 15.4. The first kappa shape index (κ1) is 30.9. The SMILES string of the molecule is OCCOCCOCCOCCOCCSCCOCCOCCOCCOCCO. The first-order valence-electron chi connectivity index (χ1n) is 10.8. The lowest BCUT2D eigenvalue weighted by atomic mass is 10.7. The molecule has 0 atom stereocenters. The number of thioether (sulfide) groups is 1. The molecule has 2 N–H and O–H groups in total. The normalized spacial score (nSPS) is 11.4. The van der Waals surface area contributed by atoms with Gasteiger partial charge in [0.1, 0.15) is 0 Å². The lowest BCUT2D eigenvalue weighted by molar-refractivity contribution is -0.00440. The van der Waals surface area contributed by atoms with Crippen LogP contribution in [0.5, 0.6) is 0 Å². The summed E-state index contributed by atoms with van der Waals surface area (Å²) in [6.45, 7) is 8.53. The maximum absolute atomic E-state index is 8.54. The van der Waals surface area contributed by atoms with Crippen LogP contribution < -0.4 is 0 Å². The molecule has 0 unspecified atom stereocenters. The van der Waals surface area contributed by atoms with Gasteiger partial charge < -0.3 is 48.1 Å². The third kappa shape index (κ3) is 29.9. The molecule has 0 saturated heterocycles. The summed E-state index contributed by atoms with van der Waals surface area (Å²) in [6.07, 6.45) is 0. The molecule has 0 radical (unpaired) electrons. The topological polar surface area (TPSA) is 114 Å². The van der Waals surface area contributed by atoms with Crippen LogP contribution in [0.2, 0.25) is 0 Å². The summed E-state index contributed by atoms with van der Waals surface area (Å²) in [4.78, 5) is 0. The monoisotopic (exact) mass is 474 g/mol. The van der Waals surface area contributed by atoms with Crippen LogP contribution in [0, 0.1) is 0 Å². The van der Waals surface area contributed by atoms with E-state index < -0.39 is 0 Å². The third-order valence-corrected chi connectivity index (χ3v) is 4.36. The average molecular weight is 475 g/mol. The zero-order valence-corrected chi connectivity index (χ0v) is 19.5. The number of hydrogen-bond donors (Lipinski definition) is 2.